The van der Waals surface area contributed by atoms with Gasteiger partial charge in [0.15, 0.2) is 0 Å². The van der Waals surface area contributed by atoms with Crippen LogP contribution in [-0.2, 0) is 4.79 Å². The van der Waals surface area contributed by atoms with Gasteiger partial charge < -0.3 is 11.8 Å². The van der Waals surface area contributed by atoms with Crippen molar-refractivity contribution in [1.82, 2.24) is 0 Å². The van der Waals surface area contributed by atoms with Gasteiger partial charge in [-0.2, -0.15) is 0 Å². The summed E-state index contributed by atoms with van der Waals surface area (Å²) in [6, 6.07) is 6.41. The number of nitrogens with one attached hydrogen (secondary N) is 1. The average molecular weight is 416 g/mol. The molecule has 2 N–H and O–H groups in total. The zero-order valence-corrected chi connectivity index (χ0v) is 21.3. The third kappa shape index (κ3) is 8.51. The molecular weight excluding hydrogens is 381 g/mol. The van der Waals surface area contributed by atoms with E-state index in [4.69, 9.17) is 0 Å². The molecule has 0 radical (unpaired) electrons. The molecule has 1 aromatic carbocycles. The molecule has 1 amide bonds. The molecule has 0 aliphatic heterocycles. The maximum absolute atomic E-state index is 12.1. The van der Waals surface area contributed by atoms with Crippen LogP contribution in [0.5, 0.6) is 5.75 Å². The van der Waals surface area contributed by atoms with Crippen molar-refractivity contribution in [2.75, 3.05) is 5.32 Å². The molecule has 1 aliphatic rings. The molecule has 0 heterocycles. The Balaban J connectivity index is 0.00000450. The first kappa shape index (κ1) is 26.2. The van der Waals surface area contributed by atoms with Crippen molar-refractivity contribution in [3.8, 4) is 5.75 Å². The predicted molar refractivity (Wildman–Crippen MR) is 124 cm³/mol. The first-order chi connectivity index (χ1) is 13.7. The number of hydrogen-bond donors (Lipinski definition) is 2. The number of phenolic OH excluding ortho intramolecular Hbond substituents is 1. The van der Waals surface area contributed by atoms with E-state index in [9.17, 15) is 9.90 Å². The van der Waals surface area contributed by atoms with Gasteiger partial charge in [0, 0.05) is 11.8 Å². The number of benzene rings is 1. The Labute approximate surface area is 205 Å². The summed E-state index contributed by atoms with van der Waals surface area (Å²) in [5.41, 5.74) is 5.89. The summed E-state index contributed by atoms with van der Waals surface area (Å²) >= 11 is 0. The number of aromatic hydroxyl groups is 1. The molecule has 1 aliphatic carbocycles. The number of carbonyl (C=O) groups is 1. The maximum Gasteiger partial charge on any atom is 1.00 e. The molecule has 0 saturated heterocycles. The van der Waals surface area contributed by atoms with E-state index in [0.29, 0.717) is 5.69 Å². The molecule has 30 heavy (non-hydrogen) atoms. The van der Waals surface area contributed by atoms with Gasteiger partial charge >= 0.3 is 29.6 Å². The van der Waals surface area contributed by atoms with E-state index in [1.54, 1.807) is 30.3 Å². The molecule has 0 aromatic heterocycles. The summed E-state index contributed by atoms with van der Waals surface area (Å²) in [6.07, 6.45) is 15.6. The first-order valence-corrected chi connectivity index (χ1v) is 10.2. The number of amides is 1. The molecule has 2 rings (SSSR count). The van der Waals surface area contributed by atoms with Gasteiger partial charge in [-0.1, -0.05) is 55.4 Å². The van der Waals surface area contributed by atoms with Crippen LogP contribution < -0.4 is 34.9 Å². The van der Waals surface area contributed by atoms with Crippen LogP contribution in [0.1, 0.15) is 55.3 Å². The number of rotatable bonds is 6. The molecule has 0 saturated carbocycles. The van der Waals surface area contributed by atoms with Gasteiger partial charge in [-0.05, 0) is 80.9 Å². The molecule has 0 atom stereocenters. The number of anilines is 1. The van der Waals surface area contributed by atoms with E-state index in [-0.39, 0.29) is 48.1 Å². The summed E-state index contributed by atoms with van der Waals surface area (Å²) in [6.45, 7) is 10.9. The monoisotopic (exact) mass is 415 g/mol. The van der Waals surface area contributed by atoms with Crippen LogP contribution in [0.2, 0.25) is 0 Å². The van der Waals surface area contributed by atoms with Crippen molar-refractivity contribution in [3.63, 3.8) is 0 Å². The van der Waals surface area contributed by atoms with Crippen LogP contribution in [0.4, 0.5) is 5.69 Å². The van der Waals surface area contributed by atoms with E-state index in [1.807, 2.05) is 19.1 Å². The standard InChI is InChI=1S/C26H33NO2.Na.H/c1-19(11-16-24-21(3)10-7-17-26(24,4)5)8-6-9-20(2)18-25(29)27-22-12-14-23(28)15-13-22;;/h6,8-9,11-16,18,28H,7,10,17H2,1-5H3,(H,27,29);;/q;+1;-1. The first-order valence-electron chi connectivity index (χ1n) is 10.2. The second kappa shape index (κ2) is 12.1. The zero-order chi connectivity index (χ0) is 21.4. The van der Waals surface area contributed by atoms with Crippen molar-refractivity contribution >= 4 is 11.6 Å². The third-order valence-electron chi connectivity index (χ3n) is 5.27. The van der Waals surface area contributed by atoms with Crippen LogP contribution in [0.25, 0.3) is 0 Å². The molecule has 0 unspecified atom stereocenters. The SMILES string of the molecule is CC(C=CC1=C(C)CCCC1(C)C)=CC=CC(C)=CC(=O)Nc1ccc(O)cc1.[H-].[Na+]. The minimum Gasteiger partial charge on any atom is -1.00 e. The van der Waals surface area contributed by atoms with Crippen molar-refractivity contribution in [2.45, 2.75) is 53.9 Å². The number of allylic oxidation sites excluding steroid dienone is 9. The Kier molecular flexibility index (Phi) is 10.6. The molecule has 0 fully saturated rings. The van der Waals surface area contributed by atoms with Crippen LogP contribution in [0.15, 0.2) is 83.0 Å². The summed E-state index contributed by atoms with van der Waals surface area (Å²) in [5.74, 6) is -0.0206. The van der Waals surface area contributed by atoms with Gasteiger partial charge in [0.1, 0.15) is 5.75 Å². The van der Waals surface area contributed by atoms with E-state index in [1.165, 1.54) is 36.0 Å². The van der Waals surface area contributed by atoms with E-state index in [2.05, 4.69) is 51.2 Å². The quantitative estimate of drug-likeness (QED) is 0.320. The topological polar surface area (TPSA) is 49.3 Å². The Morgan fingerprint density at radius 1 is 1.13 bits per heavy atom. The van der Waals surface area contributed by atoms with Crippen LogP contribution in [-0.4, -0.2) is 11.0 Å². The number of hydrogen-bond acceptors (Lipinski definition) is 2. The van der Waals surface area contributed by atoms with Crippen molar-refractivity contribution in [2.24, 2.45) is 5.41 Å². The number of carbonyl (C=O) groups excluding carboxylic acids is 1. The maximum atomic E-state index is 12.1. The van der Waals surface area contributed by atoms with Crippen molar-refractivity contribution in [3.05, 3.63) is 83.0 Å². The fraction of sp³-hybridized carbons (Fsp3) is 0.346. The van der Waals surface area contributed by atoms with Crippen molar-refractivity contribution < 1.29 is 40.9 Å². The van der Waals surface area contributed by atoms with Crippen LogP contribution >= 0.6 is 0 Å². The Hall–Kier alpha value is -1.81. The summed E-state index contributed by atoms with van der Waals surface area (Å²) in [5, 5.41) is 12.1. The van der Waals surface area contributed by atoms with Gasteiger partial charge in [-0.3, -0.25) is 4.79 Å². The Morgan fingerprint density at radius 2 is 1.80 bits per heavy atom. The van der Waals surface area contributed by atoms with Crippen LogP contribution in [0.3, 0.4) is 0 Å². The van der Waals surface area contributed by atoms with Gasteiger partial charge in [-0.15, -0.1) is 0 Å². The van der Waals surface area contributed by atoms with Gasteiger partial charge in [0.25, 0.3) is 0 Å². The van der Waals surface area contributed by atoms with E-state index >= 15 is 0 Å². The second-order valence-electron chi connectivity index (χ2n) is 8.46. The fourth-order valence-electron chi connectivity index (χ4n) is 3.61. The third-order valence-corrected chi connectivity index (χ3v) is 5.27. The Morgan fingerprint density at radius 3 is 2.43 bits per heavy atom. The van der Waals surface area contributed by atoms with E-state index in [0.717, 1.165) is 5.57 Å². The minimum absolute atomic E-state index is 0. The van der Waals surface area contributed by atoms with Crippen LogP contribution in [0, 0.1) is 5.41 Å². The van der Waals surface area contributed by atoms with Gasteiger partial charge in [-0.25, -0.2) is 0 Å². The van der Waals surface area contributed by atoms with Gasteiger partial charge in [0.05, 0.1) is 0 Å². The summed E-state index contributed by atoms with van der Waals surface area (Å²) in [7, 11) is 0. The molecule has 0 bridgehead atoms. The molecule has 0 spiro atoms. The second-order valence-corrected chi connectivity index (χ2v) is 8.46. The van der Waals surface area contributed by atoms with Gasteiger partial charge in [0.2, 0.25) is 5.91 Å². The number of phenols is 1. The largest absolute Gasteiger partial charge is 1.00 e. The molecule has 4 heteroatoms. The van der Waals surface area contributed by atoms with E-state index < -0.39 is 0 Å². The Bertz CT molecular complexity index is 890. The minimum atomic E-state index is -0.194. The predicted octanol–water partition coefficient (Wildman–Crippen LogP) is 3.98. The molecule has 156 valence electrons. The summed E-state index contributed by atoms with van der Waals surface area (Å²) < 4.78 is 0. The normalized spacial score (nSPS) is 17.4. The van der Waals surface area contributed by atoms with Crippen molar-refractivity contribution in [1.29, 1.82) is 0 Å². The molecule has 1 aromatic rings. The fourth-order valence-corrected chi connectivity index (χ4v) is 3.61. The summed E-state index contributed by atoms with van der Waals surface area (Å²) in [4.78, 5) is 12.1. The molecule has 3 nitrogen and oxygen atoms in total. The molecular formula is C26H34NNaO2. The average Bonchev–Trinajstić information content (AvgIpc) is 2.62. The zero-order valence-electron chi connectivity index (χ0n) is 20.3. The smallest absolute Gasteiger partial charge is 1.00 e.